The van der Waals surface area contributed by atoms with E-state index in [1.807, 2.05) is 6.07 Å². The lowest BCUT2D eigenvalue weighted by atomic mass is 10.2. The first-order valence-electron chi connectivity index (χ1n) is 7.04. The van der Waals surface area contributed by atoms with Gasteiger partial charge in [0.15, 0.2) is 6.61 Å². The molecule has 0 aliphatic rings. The number of carbonyl (C=O) groups is 3. The molecule has 0 unspecified atom stereocenters. The lowest BCUT2D eigenvalue weighted by Crippen LogP contribution is -2.21. The molecule has 7 heteroatoms. The number of benzene rings is 2. The second kappa shape index (κ2) is 8.44. The van der Waals surface area contributed by atoms with E-state index >= 15 is 0 Å². The minimum atomic E-state index is -0.557. The van der Waals surface area contributed by atoms with Crippen molar-refractivity contribution in [1.82, 2.24) is 5.32 Å². The van der Waals surface area contributed by atoms with E-state index in [-0.39, 0.29) is 12.5 Å². The van der Waals surface area contributed by atoms with E-state index in [0.29, 0.717) is 16.8 Å². The molecule has 0 saturated carbocycles. The van der Waals surface area contributed by atoms with E-state index in [1.54, 1.807) is 49.5 Å². The van der Waals surface area contributed by atoms with Crippen LogP contribution in [0.2, 0.25) is 0 Å². The van der Waals surface area contributed by atoms with Crippen LogP contribution in [0.4, 0.5) is 5.69 Å². The molecular weight excluding hydrogens is 423 g/mol. The van der Waals surface area contributed by atoms with Crippen LogP contribution in [0.5, 0.6) is 0 Å². The van der Waals surface area contributed by atoms with Gasteiger partial charge in [-0.25, -0.2) is 4.79 Å². The van der Waals surface area contributed by atoms with E-state index in [0.717, 1.165) is 3.57 Å². The third-order valence-electron chi connectivity index (χ3n) is 3.05. The van der Waals surface area contributed by atoms with Crippen molar-refractivity contribution in [2.75, 3.05) is 19.0 Å². The smallest absolute Gasteiger partial charge is 0.338 e. The first kappa shape index (κ1) is 17.9. The number of ether oxygens (including phenoxy) is 1. The lowest BCUT2D eigenvalue weighted by Gasteiger charge is -2.07. The first-order valence-corrected chi connectivity index (χ1v) is 8.12. The number of halogens is 1. The fourth-order valence-electron chi connectivity index (χ4n) is 1.88. The van der Waals surface area contributed by atoms with E-state index in [9.17, 15) is 14.4 Å². The van der Waals surface area contributed by atoms with Crippen LogP contribution >= 0.6 is 22.6 Å². The number of hydrogen-bond donors (Lipinski definition) is 2. The van der Waals surface area contributed by atoms with Crippen LogP contribution in [0, 0.1) is 3.57 Å². The molecule has 24 heavy (non-hydrogen) atoms. The van der Waals surface area contributed by atoms with Gasteiger partial charge in [-0.2, -0.15) is 0 Å². The topological polar surface area (TPSA) is 84.5 Å². The summed E-state index contributed by atoms with van der Waals surface area (Å²) in [5.74, 6) is -1.22. The summed E-state index contributed by atoms with van der Waals surface area (Å²) in [7, 11) is 1.54. The van der Waals surface area contributed by atoms with E-state index in [4.69, 9.17) is 4.74 Å². The van der Waals surface area contributed by atoms with Crippen LogP contribution in [0.25, 0.3) is 0 Å². The lowest BCUT2D eigenvalue weighted by molar-refractivity contribution is -0.119. The zero-order chi connectivity index (χ0) is 17.5. The van der Waals surface area contributed by atoms with Crippen molar-refractivity contribution in [3.63, 3.8) is 0 Å². The van der Waals surface area contributed by atoms with Crippen molar-refractivity contribution < 1.29 is 19.1 Å². The van der Waals surface area contributed by atoms with Crippen LogP contribution in [0.1, 0.15) is 20.7 Å². The van der Waals surface area contributed by atoms with E-state index < -0.39 is 11.9 Å². The molecule has 0 aliphatic heterocycles. The molecule has 0 fully saturated rings. The molecule has 6 nitrogen and oxygen atoms in total. The number of amides is 2. The van der Waals surface area contributed by atoms with Gasteiger partial charge in [-0.15, -0.1) is 0 Å². The Labute approximate surface area is 152 Å². The SMILES string of the molecule is CNC(=O)c1ccc(NC(=O)COC(=O)c2cccc(I)c2)cc1. The summed E-state index contributed by atoms with van der Waals surface area (Å²) >= 11 is 2.09. The molecular formula is C17H15IN2O4. The van der Waals surface area contributed by atoms with E-state index in [1.165, 1.54) is 0 Å². The maximum absolute atomic E-state index is 11.9. The number of rotatable bonds is 5. The summed E-state index contributed by atoms with van der Waals surface area (Å²) in [6.45, 7) is -0.387. The third-order valence-corrected chi connectivity index (χ3v) is 3.72. The Kier molecular flexibility index (Phi) is 6.30. The Morgan fingerprint density at radius 2 is 1.75 bits per heavy atom. The van der Waals surface area contributed by atoms with Gasteiger partial charge in [0.1, 0.15) is 0 Å². The molecule has 2 N–H and O–H groups in total. The highest BCUT2D eigenvalue weighted by molar-refractivity contribution is 14.1. The minimum Gasteiger partial charge on any atom is -0.452 e. The molecule has 0 spiro atoms. The maximum atomic E-state index is 11.9. The van der Waals surface area contributed by atoms with Crippen molar-refractivity contribution in [3.8, 4) is 0 Å². The Bertz CT molecular complexity index is 759. The monoisotopic (exact) mass is 438 g/mol. The van der Waals surface area contributed by atoms with E-state index in [2.05, 4.69) is 33.2 Å². The van der Waals surface area contributed by atoms with Crippen molar-refractivity contribution in [2.24, 2.45) is 0 Å². The van der Waals surface area contributed by atoms with Crippen LogP contribution < -0.4 is 10.6 Å². The van der Waals surface area contributed by atoms with Crippen LogP contribution in [-0.2, 0) is 9.53 Å². The summed E-state index contributed by atoms with van der Waals surface area (Å²) in [4.78, 5) is 35.1. The van der Waals surface area contributed by atoms with Crippen molar-refractivity contribution in [2.45, 2.75) is 0 Å². The molecule has 0 radical (unpaired) electrons. The van der Waals surface area contributed by atoms with Crippen molar-refractivity contribution in [1.29, 1.82) is 0 Å². The molecule has 124 valence electrons. The highest BCUT2D eigenvalue weighted by atomic mass is 127. The zero-order valence-electron chi connectivity index (χ0n) is 12.8. The van der Waals surface area contributed by atoms with Crippen molar-refractivity contribution in [3.05, 3.63) is 63.2 Å². The highest BCUT2D eigenvalue weighted by Crippen LogP contribution is 2.11. The van der Waals surface area contributed by atoms with Gasteiger partial charge in [0.2, 0.25) is 0 Å². The van der Waals surface area contributed by atoms with Crippen molar-refractivity contribution >= 4 is 46.1 Å². The molecule has 0 saturated heterocycles. The molecule has 2 aromatic rings. The average Bonchev–Trinajstić information content (AvgIpc) is 2.59. The Morgan fingerprint density at radius 1 is 1.04 bits per heavy atom. The molecule has 0 heterocycles. The summed E-state index contributed by atoms with van der Waals surface area (Å²) in [5.41, 5.74) is 1.39. The van der Waals surface area contributed by atoms with Gasteiger partial charge in [0, 0.05) is 21.9 Å². The summed E-state index contributed by atoms with van der Waals surface area (Å²) in [6, 6.07) is 13.3. The average molecular weight is 438 g/mol. The van der Waals surface area contributed by atoms with Gasteiger partial charge in [-0.05, 0) is 65.1 Å². The van der Waals surface area contributed by atoms with Gasteiger partial charge < -0.3 is 15.4 Å². The third kappa shape index (κ3) is 5.05. The number of nitrogens with one attached hydrogen (secondary N) is 2. The fraction of sp³-hybridized carbons (Fsp3) is 0.118. The maximum Gasteiger partial charge on any atom is 0.338 e. The predicted octanol–water partition coefficient (Wildman–Crippen LogP) is 2.45. The molecule has 0 bridgehead atoms. The Balaban J connectivity index is 1.87. The number of hydrogen-bond acceptors (Lipinski definition) is 4. The number of anilines is 1. The summed E-state index contributed by atoms with van der Waals surface area (Å²) < 4.78 is 5.88. The molecule has 0 atom stereocenters. The normalized spacial score (nSPS) is 9.92. The van der Waals surface area contributed by atoms with Gasteiger partial charge in [0.05, 0.1) is 5.56 Å². The quantitative estimate of drug-likeness (QED) is 0.555. The molecule has 2 aromatic carbocycles. The Hall–Kier alpha value is -2.42. The second-order valence-electron chi connectivity index (χ2n) is 4.79. The number of esters is 1. The summed E-state index contributed by atoms with van der Waals surface area (Å²) in [5, 5.41) is 5.10. The fourth-order valence-corrected chi connectivity index (χ4v) is 2.42. The second-order valence-corrected chi connectivity index (χ2v) is 6.04. The van der Waals surface area contributed by atoms with Crippen LogP contribution in [0.3, 0.4) is 0 Å². The minimum absolute atomic E-state index is 0.209. The molecule has 0 aromatic heterocycles. The largest absolute Gasteiger partial charge is 0.452 e. The molecule has 0 aliphatic carbocycles. The zero-order valence-corrected chi connectivity index (χ0v) is 15.0. The van der Waals surface area contributed by atoms with Gasteiger partial charge in [-0.1, -0.05) is 6.07 Å². The van der Waals surface area contributed by atoms with Gasteiger partial charge in [0.25, 0.3) is 11.8 Å². The van der Waals surface area contributed by atoms with Gasteiger partial charge >= 0.3 is 5.97 Å². The highest BCUT2D eigenvalue weighted by Gasteiger charge is 2.11. The Morgan fingerprint density at radius 3 is 2.38 bits per heavy atom. The van der Waals surface area contributed by atoms with Crippen LogP contribution in [-0.4, -0.2) is 31.4 Å². The van der Waals surface area contributed by atoms with Crippen LogP contribution in [0.15, 0.2) is 48.5 Å². The number of carbonyl (C=O) groups excluding carboxylic acids is 3. The standard InChI is InChI=1S/C17H15IN2O4/c1-19-16(22)11-5-7-14(8-6-11)20-15(21)10-24-17(23)12-3-2-4-13(18)9-12/h2-9H,10H2,1H3,(H,19,22)(H,20,21). The molecule has 2 amide bonds. The first-order chi connectivity index (χ1) is 11.5. The summed E-state index contributed by atoms with van der Waals surface area (Å²) in [6.07, 6.45) is 0. The predicted molar refractivity (Wildman–Crippen MR) is 97.9 cm³/mol. The van der Waals surface area contributed by atoms with Gasteiger partial charge in [-0.3, -0.25) is 9.59 Å². The molecule has 2 rings (SSSR count).